The van der Waals surface area contributed by atoms with Crippen LogP contribution in [0.15, 0.2) is 36.5 Å². The molecule has 0 unspecified atom stereocenters. The van der Waals surface area contributed by atoms with Gasteiger partial charge in [0.05, 0.1) is 19.3 Å². The van der Waals surface area contributed by atoms with Crippen LogP contribution in [0, 0.1) is 0 Å². The van der Waals surface area contributed by atoms with Crippen molar-refractivity contribution in [2.45, 2.75) is 12.8 Å². The number of alkyl halides is 3. The maximum atomic E-state index is 12.7. The molecule has 0 atom stereocenters. The number of halogens is 3. The fourth-order valence-electron chi connectivity index (χ4n) is 1.83. The molecule has 2 rings (SSSR count). The Hall–Kier alpha value is -2.08. The van der Waals surface area contributed by atoms with Gasteiger partial charge in [0.2, 0.25) is 5.88 Å². The summed E-state index contributed by atoms with van der Waals surface area (Å²) in [5, 5.41) is 9.20. The van der Waals surface area contributed by atoms with Gasteiger partial charge in [0, 0.05) is 17.3 Å². The lowest BCUT2D eigenvalue weighted by Crippen LogP contribution is -2.04. The number of hydrogen-bond donors (Lipinski definition) is 1. The molecule has 6 heteroatoms. The highest BCUT2D eigenvalue weighted by molar-refractivity contribution is 5.65. The molecular formula is C14H12F3NO2. The molecule has 2 aromatic rings. The Morgan fingerprint density at radius 1 is 1.20 bits per heavy atom. The molecule has 0 bridgehead atoms. The molecule has 0 spiro atoms. The van der Waals surface area contributed by atoms with Gasteiger partial charge in [0.15, 0.2) is 0 Å². The van der Waals surface area contributed by atoms with Gasteiger partial charge >= 0.3 is 6.18 Å². The van der Waals surface area contributed by atoms with Crippen molar-refractivity contribution in [2.24, 2.45) is 0 Å². The summed E-state index contributed by atoms with van der Waals surface area (Å²) >= 11 is 0. The monoisotopic (exact) mass is 283 g/mol. The summed E-state index contributed by atoms with van der Waals surface area (Å²) in [4.78, 5) is 3.97. The van der Waals surface area contributed by atoms with Crippen molar-refractivity contribution < 1.29 is 23.0 Å². The number of aliphatic hydroxyl groups is 1. The van der Waals surface area contributed by atoms with Crippen LogP contribution in [-0.2, 0) is 12.8 Å². The number of methoxy groups -OCH3 is 1. The van der Waals surface area contributed by atoms with Crippen molar-refractivity contribution in [2.75, 3.05) is 7.11 Å². The van der Waals surface area contributed by atoms with Crippen molar-refractivity contribution in [3.05, 3.63) is 47.7 Å². The van der Waals surface area contributed by atoms with Crippen LogP contribution in [0.2, 0.25) is 0 Å². The molecule has 0 amide bonds. The van der Waals surface area contributed by atoms with Crippen molar-refractivity contribution >= 4 is 0 Å². The lowest BCUT2D eigenvalue weighted by Gasteiger charge is -2.10. The van der Waals surface area contributed by atoms with Gasteiger partial charge < -0.3 is 9.84 Å². The molecule has 0 aliphatic rings. The van der Waals surface area contributed by atoms with Crippen LogP contribution in [0.3, 0.4) is 0 Å². The summed E-state index contributed by atoms with van der Waals surface area (Å²) in [5.41, 5.74) is 0.560. The molecular weight excluding hydrogens is 271 g/mol. The molecule has 0 radical (unpaired) electrons. The second-order valence-corrected chi connectivity index (χ2v) is 4.13. The molecule has 1 aromatic heterocycles. The number of benzene rings is 1. The lowest BCUT2D eigenvalue weighted by molar-refractivity contribution is -0.137. The maximum absolute atomic E-state index is 12.7. The van der Waals surface area contributed by atoms with E-state index in [0.717, 1.165) is 12.1 Å². The van der Waals surface area contributed by atoms with Gasteiger partial charge in [-0.2, -0.15) is 13.2 Å². The number of hydrogen-bond acceptors (Lipinski definition) is 3. The Morgan fingerprint density at radius 2 is 1.95 bits per heavy atom. The van der Waals surface area contributed by atoms with Crippen molar-refractivity contribution in [1.29, 1.82) is 0 Å². The van der Waals surface area contributed by atoms with E-state index < -0.39 is 11.7 Å². The Balaban J connectivity index is 2.46. The largest absolute Gasteiger partial charge is 0.481 e. The quantitative estimate of drug-likeness (QED) is 0.940. The molecule has 0 aliphatic heterocycles. The number of pyridine rings is 1. The predicted octanol–water partition coefficient (Wildman–Crippen LogP) is 3.27. The van der Waals surface area contributed by atoms with E-state index in [-0.39, 0.29) is 12.5 Å². The number of aliphatic hydroxyl groups excluding tert-OH is 1. The van der Waals surface area contributed by atoms with E-state index in [2.05, 4.69) is 4.98 Å². The van der Waals surface area contributed by atoms with E-state index in [1.54, 1.807) is 12.1 Å². The van der Waals surface area contributed by atoms with Gasteiger partial charge in [0.25, 0.3) is 0 Å². The second-order valence-electron chi connectivity index (χ2n) is 4.13. The molecule has 0 fully saturated rings. The lowest BCUT2D eigenvalue weighted by atomic mass is 10.0. The fraction of sp³-hybridized carbons (Fsp3) is 0.214. The zero-order valence-corrected chi connectivity index (χ0v) is 10.6. The zero-order chi connectivity index (χ0) is 14.8. The molecule has 1 heterocycles. The van der Waals surface area contributed by atoms with Crippen molar-refractivity contribution in [1.82, 2.24) is 4.98 Å². The summed E-state index contributed by atoms with van der Waals surface area (Å²) in [6.07, 6.45) is -2.98. The van der Waals surface area contributed by atoms with Crippen LogP contribution in [0.4, 0.5) is 13.2 Å². The number of nitrogens with zero attached hydrogens (tertiary/aromatic N) is 1. The first-order chi connectivity index (χ1) is 9.45. The summed E-state index contributed by atoms with van der Waals surface area (Å²) in [6.45, 7) is -0.303. The first kappa shape index (κ1) is 14.3. The zero-order valence-electron chi connectivity index (χ0n) is 10.6. The molecule has 3 nitrogen and oxygen atoms in total. The molecule has 0 aliphatic carbocycles. The van der Waals surface area contributed by atoms with Gasteiger partial charge in [-0.3, -0.25) is 0 Å². The van der Waals surface area contributed by atoms with Gasteiger partial charge in [-0.1, -0.05) is 12.1 Å². The van der Waals surface area contributed by atoms with Crippen LogP contribution in [-0.4, -0.2) is 17.2 Å². The van der Waals surface area contributed by atoms with Gasteiger partial charge in [-0.05, 0) is 23.8 Å². The summed E-state index contributed by atoms with van der Waals surface area (Å²) < 4.78 is 43.0. The fourth-order valence-corrected chi connectivity index (χ4v) is 1.83. The normalized spacial score (nSPS) is 11.4. The van der Waals surface area contributed by atoms with E-state index in [1.807, 2.05) is 0 Å². The highest BCUT2D eigenvalue weighted by Gasteiger charge is 2.30. The summed E-state index contributed by atoms with van der Waals surface area (Å²) in [5.74, 6) is 0.253. The second kappa shape index (κ2) is 5.50. The molecule has 0 saturated carbocycles. The van der Waals surface area contributed by atoms with E-state index >= 15 is 0 Å². The van der Waals surface area contributed by atoms with Crippen LogP contribution in [0.25, 0.3) is 11.1 Å². The summed E-state index contributed by atoms with van der Waals surface area (Å²) in [6, 6.07) is 6.50. The minimum atomic E-state index is -4.39. The first-order valence-corrected chi connectivity index (χ1v) is 5.77. The van der Waals surface area contributed by atoms with E-state index in [4.69, 9.17) is 4.74 Å². The van der Waals surface area contributed by atoms with Crippen molar-refractivity contribution in [3.63, 3.8) is 0 Å². The first-order valence-electron chi connectivity index (χ1n) is 5.77. The highest BCUT2D eigenvalue weighted by Crippen LogP contribution is 2.32. The van der Waals surface area contributed by atoms with Gasteiger partial charge in [0.1, 0.15) is 0 Å². The van der Waals surface area contributed by atoms with Crippen LogP contribution in [0.5, 0.6) is 5.88 Å². The van der Waals surface area contributed by atoms with Crippen molar-refractivity contribution in [3.8, 4) is 17.0 Å². The van der Waals surface area contributed by atoms with Gasteiger partial charge in [-0.15, -0.1) is 0 Å². The van der Waals surface area contributed by atoms with E-state index in [1.165, 1.54) is 19.4 Å². The van der Waals surface area contributed by atoms with E-state index in [0.29, 0.717) is 16.7 Å². The van der Waals surface area contributed by atoms with Crippen LogP contribution in [0.1, 0.15) is 11.1 Å². The predicted molar refractivity (Wildman–Crippen MR) is 67.1 cm³/mol. The molecule has 1 N–H and O–H groups in total. The molecule has 1 aromatic carbocycles. The standard InChI is InChI=1S/C14H12F3NO2/c1-20-13-11(8-19)5-10(7-18-13)9-3-2-4-12(6-9)14(15,16)17/h2-7,19H,8H2,1H3. The van der Waals surface area contributed by atoms with Crippen LogP contribution >= 0.6 is 0 Å². The number of rotatable bonds is 3. The minimum absolute atomic E-state index is 0.253. The number of ether oxygens (including phenoxy) is 1. The average Bonchev–Trinajstić information content (AvgIpc) is 2.45. The Kier molecular flexibility index (Phi) is 3.94. The maximum Gasteiger partial charge on any atom is 0.416 e. The third-order valence-electron chi connectivity index (χ3n) is 2.81. The van der Waals surface area contributed by atoms with Crippen LogP contribution < -0.4 is 4.74 Å². The number of aromatic nitrogens is 1. The third kappa shape index (κ3) is 2.91. The van der Waals surface area contributed by atoms with Gasteiger partial charge in [-0.25, -0.2) is 4.98 Å². The topological polar surface area (TPSA) is 42.4 Å². The molecule has 106 valence electrons. The Labute approximate surface area is 113 Å². The SMILES string of the molecule is COc1ncc(-c2cccc(C(F)(F)F)c2)cc1CO. The minimum Gasteiger partial charge on any atom is -0.481 e. The third-order valence-corrected chi connectivity index (χ3v) is 2.81. The Bertz CT molecular complexity index is 612. The highest BCUT2D eigenvalue weighted by atomic mass is 19.4. The summed E-state index contributed by atoms with van der Waals surface area (Å²) in [7, 11) is 1.41. The molecule has 20 heavy (non-hydrogen) atoms. The average molecular weight is 283 g/mol. The molecule has 0 saturated heterocycles. The van der Waals surface area contributed by atoms with E-state index in [9.17, 15) is 18.3 Å². The Morgan fingerprint density at radius 3 is 2.55 bits per heavy atom. The smallest absolute Gasteiger partial charge is 0.416 e.